The van der Waals surface area contributed by atoms with Gasteiger partial charge in [0.05, 0.1) is 10.5 Å². The zero-order chi connectivity index (χ0) is 21.3. The van der Waals surface area contributed by atoms with E-state index in [2.05, 4.69) is 5.32 Å². The van der Waals surface area contributed by atoms with Gasteiger partial charge in [-0.2, -0.15) is 4.31 Å². The monoisotopic (exact) mass is 447 g/mol. The summed E-state index contributed by atoms with van der Waals surface area (Å²) in [5.74, 6) is -1.00. The molecule has 0 spiro atoms. The van der Waals surface area contributed by atoms with Crippen LogP contribution in [-0.4, -0.2) is 37.6 Å². The number of nitrogens with one attached hydrogen (secondary N) is 1. The smallest absolute Gasteiger partial charge is 0.256 e. The lowest BCUT2D eigenvalue weighted by atomic mass is 9.95. The van der Waals surface area contributed by atoms with E-state index in [-0.39, 0.29) is 10.5 Å². The average Bonchev–Trinajstić information content (AvgIpc) is 3.12. The normalized spacial score (nSPS) is 17.3. The molecule has 1 saturated heterocycles. The molecule has 0 atom stereocenters. The summed E-state index contributed by atoms with van der Waals surface area (Å²) in [5.41, 5.74) is 7.15. The molecule has 2 amide bonds. The van der Waals surface area contributed by atoms with Gasteiger partial charge in [-0.25, -0.2) is 8.42 Å². The molecule has 2 aromatic rings. The third-order valence-corrected chi connectivity index (χ3v) is 8.80. The second-order valence-electron chi connectivity index (χ2n) is 7.73. The van der Waals surface area contributed by atoms with E-state index in [0.717, 1.165) is 55.4 Å². The number of fused-ring (bicyclic) bond motifs is 1. The molecule has 7 nitrogen and oxygen atoms in total. The van der Waals surface area contributed by atoms with E-state index in [1.165, 1.54) is 27.8 Å². The van der Waals surface area contributed by atoms with Crippen molar-refractivity contribution >= 4 is 38.2 Å². The van der Waals surface area contributed by atoms with Gasteiger partial charge in [-0.3, -0.25) is 9.59 Å². The summed E-state index contributed by atoms with van der Waals surface area (Å²) in [5, 5.41) is 3.24. The Bertz CT molecular complexity index is 1090. The lowest BCUT2D eigenvalue weighted by Gasteiger charge is -2.26. The number of hydrogen-bond donors (Lipinski definition) is 2. The van der Waals surface area contributed by atoms with Crippen LogP contribution in [0, 0.1) is 0 Å². The van der Waals surface area contributed by atoms with Gasteiger partial charge in [0.1, 0.15) is 5.00 Å². The van der Waals surface area contributed by atoms with Gasteiger partial charge in [0.15, 0.2) is 0 Å². The van der Waals surface area contributed by atoms with Crippen LogP contribution in [0.4, 0.5) is 5.00 Å². The lowest BCUT2D eigenvalue weighted by molar-refractivity contribution is 0.100. The molecule has 0 unspecified atom stereocenters. The van der Waals surface area contributed by atoms with Gasteiger partial charge < -0.3 is 11.1 Å². The number of benzene rings is 1. The van der Waals surface area contributed by atoms with Gasteiger partial charge in [0.2, 0.25) is 10.0 Å². The molecule has 4 rings (SSSR count). The van der Waals surface area contributed by atoms with Crippen LogP contribution in [0.1, 0.15) is 63.3 Å². The highest BCUT2D eigenvalue weighted by Gasteiger charge is 2.28. The molecule has 0 radical (unpaired) electrons. The average molecular weight is 448 g/mol. The van der Waals surface area contributed by atoms with E-state index >= 15 is 0 Å². The number of thiophene rings is 1. The predicted molar refractivity (Wildman–Crippen MR) is 116 cm³/mol. The number of carbonyl (C=O) groups excluding carboxylic acids is 2. The van der Waals surface area contributed by atoms with Crippen molar-refractivity contribution in [3.05, 3.63) is 45.8 Å². The number of amides is 2. The number of rotatable bonds is 5. The van der Waals surface area contributed by atoms with Gasteiger partial charge in [0.25, 0.3) is 11.8 Å². The van der Waals surface area contributed by atoms with Crippen LogP contribution in [0.2, 0.25) is 0 Å². The van der Waals surface area contributed by atoms with Crippen molar-refractivity contribution in [3.8, 4) is 0 Å². The summed E-state index contributed by atoms with van der Waals surface area (Å²) < 4.78 is 27.3. The quantitative estimate of drug-likeness (QED) is 0.734. The number of nitrogens with zero attached hydrogens (tertiary/aromatic N) is 1. The Balaban J connectivity index is 1.60. The van der Waals surface area contributed by atoms with Crippen molar-refractivity contribution in [2.24, 2.45) is 5.73 Å². The number of sulfonamides is 1. The minimum Gasteiger partial charge on any atom is -0.365 e. The molecule has 160 valence electrons. The van der Waals surface area contributed by atoms with Crippen LogP contribution in [0.25, 0.3) is 0 Å². The van der Waals surface area contributed by atoms with Gasteiger partial charge >= 0.3 is 0 Å². The van der Waals surface area contributed by atoms with Crippen molar-refractivity contribution < 1.29 is 18.0 Å². The highest BCUT2D eigenvalue weighted by Crippen LogP contribution is 2.38. The third kappa shape index (κ3) is 4.01. The van der Waals surface area contributed by atoms with Crippen molar-refractivity contribution in [3.63, 3.8) is 0 Å². The molecular formula is C21H25N3O4S2. The molecule has 2 heterocycles. The number of piperidine rings is 1. The van der Waals surface area contributed by atoms with Gasteiger partial charge in [-0.05, 0) is 62.3 Å². The predicted octanol–water partition coefficient (Wildman–Crippen LogP) is 3.15. The summed E-state index contributed by atoms with van der Waals surface area (Å²) in [6.07, 6.45) is 6.42. The molecule has 1 aliphatic carbocycles. The molecule has 0 bridgehead atoms. The zero-order valence-electron chi connectivity index (χ0n) is 16.6. The molecular weight excluding hydrogens is 422 g/mol. The lowest BCUT2D eigenvalue weighted by Crippen LogP contribution is -2.35. The molecule has 2 aliphatic rings. The van der Waals surface area contributed by atoms with Crippen molar-refractivity contribution in [1.29, 1.82) is 0 Å². The van der Waals surface area contributed by atoms with Crippen LogP contribution in [0.3, 0.4) is 0 Å². The third-order valence-electron chi connectivity index (χ3n) is 5.69. The Morgan fingerprint density at radius 1 is 1.03 bits per heavy atom. The minimum atomic E-state index is -3.63. The zero-order valence-corrected chi connectivity index (χ0v) is 18.3. The first-order chi connectivity index (χ1) is 14.4. The molecule has 0 saturated carbocycles. The standard InChI is InChI=1S/C21H25N3O4S2/c22-19(25)18-16-9-2-3-10-17(16)29-21(18)23-20(26)14-7-6-8-15(13-14)30(27,28)24-11-4-1-5-12-24/h6-8,13H,1-5,9-12H2,(H2,22,25)(H,23,26). The number of carbonyl (C=O) groups is 2. The fourth-order valence-corrected chi connectivity index (χ4v) is 7.00. The Hall–Kier alpha value is -2.23. The van der Waals surface area contributed by atoms with E-state index in [9.17, 15) is 18.0 Å². The molecule has 1 aromatic carbocycles. The number of hydrogen-bond acceptors (Lipinski definition) is 5. The topological polar surface area (TPSA) is 110 Å². The largest absolute Gasteiger partial charge is 0.365 e. The molecule has 9 heteroatoms. The Morgan fingerprint density at radius 2 is 1.77 bits per heavy atom. The highest BCUT2D eigenvalue weighted by molar-refractivity contribution is 7.89. The van der Waals surface area contributed by atoms with E-state index in [0.29, 0.717) is 23.7 Å². The van der Waals surface area contributed by atoms with Crippen LogP contribution in [0.5, 0.6) is 0 Å². The minimum absolute atomic E-state index is 0.109. The fourth-order valence-electron chi connectivity index (χ4n) is 4.14. The van der Waals surface area contributed by atoms with E-state index in [1.807, 2.05) is 0 Å². The van der Waals surface area contributed by atoms with Crippen molar-refractivity contribution in [1.82, 2.24) is 4.31 Å². The number of primary amides is 1. The second kappa shape index (κ2) is 8.49. The van der Waals surface area contributed by atoms with E-state index < -0.39 is 21.8 Å². The summed E-state index contributed by atoms with van der Waals surface area (Å²) >= 11 is 1.39. The summed E-state index contributed by atoms with van der Waals surface area (Å²) in [7, 11) is -3.63. The first-order valence-corrected chi connectivity index (χ1v) is 12.5. The SMILES string of the molecule is NC(=O)c1c(NC(=O)c2cccc(S(=O)(=O)N3CCCCC3)c2)sc2c1CCCC2. The van der Waals surface area contributed by atoms with E-state index in [1.54, 1.807) is 12.1 Å². The van der Waals surface area contributed by atoms with Gasteiger partial charge in [-0.15, -0.1) is 11.3 Å². The van der Waals surface area contributed by atoms with Crippen molar-refractivity contribution in [2.75, 3.05) is 18.4 Å². The first kappa shape index (κ1) is 21.0. The molecule has 3 N–H and O–H groups in total. The number of nitrogens with two attached hydrogens (primary N) is 1. The van der Waals surface area contributed by atoms with E-state index in [4.69, 9.17) is 5.73 Å². The first-order valence-electron chi connectivity index (χ1n) is 10.2. The molecule has 1 aromatic heterocycles. The number of aryl methyl sites for hydroxylation is 1. The molecule has 1 aliphatic heterocycles. The van der Waals surface area contributed by atoms with Crippen LogP contribution in [-0.2, 0) is 22.9 Å². The van der Waals surface area contributed by atoms with Crippen LogP contribution >= 0.6 is 11.3 Å². The maximum absolute atomic E-state index is 12.9. The second-order valence-corrected chi connectivity index (χ2v) is 10.8. The van der Waals surface area contributed by atoms with Gasteiger partial charge in [0, 0.05) is 23.5 Å². The van der Waals surface area contributed by atoms with Crippen molar-refractivity contribution in [2.45, 2.75) is 49.8 Å². The van der Waals surface area contributed by atoms with Gasteiger partial charge in [-0.1, -0.05) is 12.5 Å². The Kier molecular flexibility index (Phi) is 5.95. The maximum Gasteiger partial charge on any atom is 0.256 e. The van der Waals surface area contributed by atoms with Crippen LogP contribution in [0.15, 0.2) is 29.2 Å². The Labute approximate surface area is 180 Å². The maximum atomic E-state index is 12.9. The molecule has 30 heavy (non-hydrogen) atoms. The fraction of sp³-hybridized carbons (Fsp3) is 0.429. The Morgan fingerprint density at radius 3 is 2.50 bits per heavy atom. The van der Waals surface area contributed by atoms with Crippen LogP contribution < -0.4 is 11.1 Å². The summed E-state index contributed by atoms with van der Waals surface area (Å²) in [6, 6.07) is 6.05. The highest BCUT2D eigenvalue weighted by atomic mass is 32.2. The summed E-state index contributed by atoms with van der Waals surface area (Å²) in [6.45, 7) is 1.00. The molecule has 1 fully saturated rings. The number of anilines is 1. The summed E-state index contributed by atoms with van der Waals surface area (Å²) in [4.78, 5) is 26.1.